The summed E-state index contributed by atoms with van der Waals surface area (Å²) < 4.78 is 0. The Morgan fingerprint density at radius 3 is 2.78 bits per heavy atom. The lowest BCUT2D eigenvalue weighted by molar-refractivity contribution is -0.124. The van der Waals surface area contributed by atoms with E-state index in [9.17, 15) is 14.4 Å². The third-order valence-corrected chi connectivity index (χ3v) is 4.45. The predicted octanol–water partition coefficient (Wildman–Crippen LogP) is 1.17. The third-order valence-electron chi connectivity index (χ3n) is 4.45. The number of H-pyrrole nitrogens is 1. The predicted molar refractivity (Wildman–Crippen MR) is 87.2 cm³/mol. The van der Waals surface area contributed by atoms with Gasteiger partial charge in [0.25, 0.3) is 5.91 Å². The highest BCUT2D eigenvalue weighted by atomic mass is 16.2. The van der Waals surface area contributed by atoms with Gasteiger partial charge in [-0.3, -0.25) is 14.4 Å². The van der Waals surface area contributed by atoms with Crippen molar-refractivity contribution in [2.75, 3.05) is 7.05 Å². The number of pyridine rings is 1. The number of hydrogen-bond acceptors (Lipinski definition) is 3. The molecule has 0 spiro atoms. The van der Waals surface area contributed by atoms with Gasteiger partial charge in [0.1, 0.15) is 5.56 Å². The van der Waals surface area contributed by atoms with Crippen molar-refractivity contribution in [2.45, 2.75) is 25.3 Å². The molecule has 1 aromatic carbocycles. The molecule has 120 valence electrons. The minimum absolute atomic E-state index is 0.0692. The number of rotatable bonds is 3. The highest BCUT2D eigenvalue weighted by Gasteiger charge is 2.33. The van der Waals surface area contributed by atoms with Crippen LogP contribution in [-0.4, -0.2) is 29.9 Å². The SMILES string of the molecule is CNC(=O)C1CCCC1NC(=O)c1c[nH]c2ccccc2c1=O. The minimum Gasteiger partial charge on any atom is -0.360 e. The lowest BCUT2D eigenvalue weighted by atomic mass is 10.0. The van der Waals surface area contributed by atoms with Crippen molar-refractivity contribution in [1.29, 1.82) is 0 Å². The summed E-state index contributed by atoms with van der Waals surface area (Å²) in [5.74, 6) is -0.735. The molecule has 1 aliphatic carbocycles. The van der Waals surface area contributed by atoms with E-state index in [4.69, 9.17) is 0 Å². The number of benzene rings is 1. The number of aromatic nitrogens is 1. The Balaban J connectivity index is 1.85. The molecule has 2 unspecified atom stereocenters. The molecule has 2 atom stereocenters. The average Bonchev–Trinajstić information content (AvgIpc) is 3.02. The van der Waals surface area contributed by atoms with E-state index >= 15 is 0 Å². The van der Waals surface area contributed by atoms with Crippen LogP contribution in [0.1, 0.15) is 29.6 Å². The normalized spacial score (nSPS) is 20.4. The number of hydrogen-bond donors (Lipinski definition) is 3. The van der Waals surface area contributed by atoms with Crippen molar-refractivity contribution in [1.82, 2.24) is 15.6 Å². The topological polar surface area (TPSA) is 91.1 Å². The van der Waals surface area contributed by atoms with Crippen molar-refractivity contribution >= 4 is 22.7 Å². The first-order chi connectivity index (χ1) is 11.1. The number of carbonyl (C=O) groups is 2. The molecule has 2 aromatic rings. The molecule has 1 heterocycles. The van der Waals surface area contributed by atoms with Gasteiger partial charge in [0, 0.05) is 30.2 Å². The van der Waals surface area contributed by atoms with E-state index in [1.807, 2.05) is 6.07 Å². The van der Waals surface area contributed by atoms with Crippen LogP contribution in [0.2, 0.25) is 0 Å². The van der Waals surface area contributed by atoms with Crippen molar-refractivity contribution in [3.63, 3.8) is 0 Å². The molecule has 0 bridgehead atoms. The summed E-state index contributed by atoms with van der Waals surface area (Å²) >= 11 is 0. The van der Waals surface area contributed by atoms with Gasteiger partial charge in [0.2, 0.25) is 11.3 Å². The van der Waals surface area contributed by atoms with Crippen molar-refractivity contribution < 1.29 is 9.59 Å². The number of fused-ring (bicyclic) bond motifs is 1. The summed E-state index contributed by atoms with van der Waals surface area (Å²) in [5.41, 5.74) is 0.468. The largest absolute Gasteiger partial charge is 0.360 e. The van der Waals surface area contributed by atoms with E-state index in [-0.39, 0.29) is 28.9 Å². The fourth-order valence-corrected chi connectivity index (χ4v) is 3.21. The maximum atomic E-state index is 12.5. The van der Waals surface area contributed by atoms with Crippen LogP contribution in [0, 0.1) is 5.92 Å². The summed E-state index contributed by atoms with van der Waals surface area (Å²) in [7, 11) is 1.59. The van der Waals surface area contributed by atoms with Gasteiger partial charge in [0.05, 0.1) is 5.92 Å². The number of carbonyl (C=O) groups excluding carboxylic acids is 2. The van der Waals surface area contributed by atoms with Crippen LogP contribution in [0.4, 0.5) is 0 Å². The van der Waals surface area contributed by atoms with E-state index < -0.39 is 5.91 Å². The van der Waals surface area contributed by atoms with Crippen LogP contribution in [-0.2, 0) is 4.79 Å². The minimum atomic E-state index is -0.433. The smallest absolute Gasteiger partial charge is 0.257 e. The fraction of sp³-hybridized carbons (Fsp3) is 0.353. The van der Waals surface area contributed by atoms with Crippen molar-refractivity contribution in [3.05, 3.63) is 46.2 Å². The maximum absolute atomic E-state index is 12.5. The molecule has 0 aliphatic heterocycles. The lowest BCUT2D eigenvalue weighted by Crippen LogP contribution is -2.44. The van der Waals surface area contributed by atoms with E-state index in [0.717, 1.165) is 19.3 Å². The molecule has 1 saturated carbocycles. The van der Waals surface area contributed by atoms with Crippen molar-refractivity contribution in [2.24, 2.45) is 5.92 Å². The second kappa shape index (κ2) is 6.24. The van der Waals surface area contributed by atoms with Gasteiger partial charge < -0.3 is 15.6 Å². The summed E-state index contributed by atoms with van der Waals surface area (Å²) in [4.78, 5) is 39.7. The molecule has 23 heavy (non-hydrogen) atoms. The molecule has 2 amide bonds. The van der Waals surface area contributed by atoms with Gasteiger partial charge in [-0.15, -0.1) is 0 Å². The zero-order chi connectivity index (χ0) is 16.4. The second-order valence-electron chi connectivity index (χ2n) is 5.81. The summed E-state index contributed by atoms with van der Waals surface area (Å²) in [6.45, 7) is 0. The monoisotopic (exact) mass is 313 g/mol. The van der Waals surface area contributed by atoms with E-state index in [2.05, 4.69) is 15.6 Å². The van der Waals surface area contributed by atoms with Crippen LogP contribution in [0.25, 0.3) is 10.9 Å². The van der Waals surface area contributed by atoms with Gasteiger partial charge in [-0.25, -0.2) is 0 Å². The Morgan fingerprint density at radius 1 is 1.22 bits per heavy atom. The summed E-state index contributed by atoms with van der Waals surface area (Å²) in [6.07, 6.45) is 3.81. The van der Waals surface area contributed by atoms with Gasteiger partial charge in [-0.05, 0) is 25.0 Å². The standard InChI is InChI=1S/C17H19N3O3/c1-18-16(22)11-6-4-8-14(11)20-17(23)12-9-19-13-7-3-2-5-10(13)15(12)21/h2-3,5,7,9,11,14H,4,6,8H2,1H3,(H,18,22)(H,19,21)(H,20,23). The fourth-order valence-electron chi connectivity index (χ4n) is 3.21. The third kappa shape index (κ3) is 2.84. The molecule has 0 saturated heterocycles. The van der Waals surface area contributed by atoms with E-state index in [1.54, 1.807) is 25.2 Å². The highest BCUT2D eigenvalue weighted by Crippen LogP contribution is 2.26. The quantitative estimate of drug-likeness (QED) is 0.794. The van der Waals surface area contributed by atoms with Crippen LogP contribution >= 0.6 is 0 Å². The molecule has 1 fully saturated rings. The summed E-state index contributed by atoms with van der Waals surface area (Å²) in [5, 5.41) is 5.95. The van der Waals surface area contributed by atoms with Crippen LogP contribution < -0.4 is 16.1 Å². The highest BCUT2D eigenvalue weighted by molar-refractivity contribution is 5.97. The molecule has 3 N–H and O–H groups in total. The first-order valence-electron chi connectivity index (χ1n) is 7.74. The number of para-hydroxylation sites is 1. The molecular weight excluding hydrogens is 294 g/mol. The first-order valence-corrected chi connectivity index (χ1v) is 7.74. The Hall–Kier alpha value is -2.63. The van der Waals surface area contributed by atoms with E-state index in [0.29, 0.717) is 10.9 Å². The van der Waals surface area contributed by atoms with Crippen molar-refractivity contribution in [3.8, 4) is 0 Å². The molecule has 6 heteroatoms. The number of aromatic amines is 1. The molecular formula is C17H19N3O3. The van der Waals surface area contributed by atoms with E-state index in [1.165, 1.54) is 6.20 Å². The Morgan fingerprint density at radius 2 is 2.00 bits per heavy atom. The lowest BCUT2D eigenvalue weighted by Gasteiger charge is -2.19. The Labute approximate surface area is 133 Å². The second-order valence-corrected chi connectivity index (χ2v) is 5.81. The number of nitrogens with one attached hydrogen (secondary N) is 3. The average molecular weight is 313 g/mol. The molecule has 1 aromatic heterocycles. The first kappa shape index (κ1) is 15.3. The molecule has 1 aliphatic rings. The molecule has 6 nitrogen and oxygen atoms in total. The number of amides is 2. The Bertz CT molecular complexity index is 812. The zero-order valence-electron chi connectivity index (χ0n) is 12.9. The molecule has 3 rings (SSSR count). The summed E-state index contributed by atoms with van der Waals surface area (Å²) in [6, 6.07) is 6.83. The Kier molecular flexibility index (Phi) is 4.14. The van der Waals surface area contributed by atoms with Crippen LogP contribution in [0.3, 0.4) is 0 Å². The van der Waals surface area contributed by atoms with Gasteiger partial charge in [-0.2, -0.15) is 0 Å². The van der Waals surface area contributed by atoms with Crippen LogP contribution in [0.5, 0.6) is 0 Å². The van der Waals surface area contributed by atoms with Gasteiger partial charge >= 0.3 is 0 Å². The van der Waals surface area contributed by atoms with Crippen LogP contribution in [0.15, 0.2) is 35.3 Å². The van der Waals surface area contributed by atoms with Gasteiger partial charge in [0.15, 0.2) is 0 Å². The van der Waals surface area contributed by atoms with Gasteiger partial charge in [-0.1, -0.05) is 18.6 Å². The maximum Gasteiger partial charge on any atom is 0.257 e. The zero-order valence-corrected chi connectivity index (χ0v) is 12.9. The molecule has 0 radical (unpaired) electrons.